The Morgan fingerprint density at radius 2 is 2.04 bits per heavy atom. The normalized spacial score (nSPS) is 17.1. The monoisotopic (exact) mass is 366 g/mol. The Morgan fingerprint density at radius 1 is 1.19 bits per heavy atom. The van der Waals surface area contributed by atoms with Crippen LogP contribution < -0.4 is 10.2 Å². The van der Waals surface area contributed by atoms with Gasteiger partial charge < -0.3 is 10.2 Å². The third-order valence-corrected chi connectivity index (χ3v) is 4.81. The molecule has 1 aliphatic rings. The Bertz CT molecular complexity index is 938. The second-order valence-corrected chi connectivity index (χ2v) is 6.98. The van der Waals surface area contributed by atoms with Crippen LogP contribution in [0.3, 0.4) is 0 Å². The van der Waals surface area contributed by atoms with Crippen LogP contribution in [0, 0.1) is 19.7 Å². The van der Waals surface area contributed by atoms with Crippen molar-refractivity contribution in [2.24, 2.45) is 0 Å². The number of para-hydroxylation sites is 1. The van der Waals surface area contributed by atoms with Crippen LogP contribution >= 0.6 is 0 Å². The average molecular weight is 366 g/mol. The van der Waals surface area contributed by atoms with E-state index in [1.807, 2.05) is 32.0 Å². The summed E-state index contributed by atoms with van der Waals surface area (Å²) < 4.78 is 15.9. The molecular weight excluding hydrogens is 343 g/mol. The van der Waals surface area contributed by atoms with Crippen molar-refractivity contribution in [3.8, 4) is 5.82 Å². The molecule has 3 heterocycles. The van der Waals surface area contributed by atoms with Gasteiger partial charge in [-0.25, -0.2) is 14.1 Å². The molecule has 2 aromatic heterocycles. The molecule has 1 aromatic carbocycles. The first-order valence-electron chi connectivity index (χ1n) is 9.22. The standard InChI is InChI=1S/C20H23FN6/c1-14-10-15(2)27(25-14)20-12-22-11-19(24-20)23-16-6-5-9-26(13-16)18-8-4-3-7-17(18)21/h3-4,7-8,10-12,16H,5-6,9,13H2,1-2H3,(H,23,24). The number of aromatic nitrogens is 4. The van der Waals surface area contributed by atoms with E-state index in [0.717, 1.165) is 37.3 Å². The van der Waals surface area contributed by atoms with E-state index in [-0.39, 0.29) is 11.9 Å². The lowest BCUT2D eigenvalue weighted by Gasteiger charge is -2.35. The number of halogens is 1. The van der Waals surface area contributed by atoms with Crippen molar-refractivity contribution < 1.29 is 4.39 Å². The van der Waals surface area contributed by atoms with Crippen LogP contribution in [0.25, 0.3) is 5.82 Å². The number of aryl methyl sites for hydroxylation is 2. The zero-order valence-electron chi connectivity index (χ0n) is 15.6. The number of rotatable bonds is 4. The molecule has 1 saturated heterocycles. The zero-order chi connectivity index (χ0) is 18.8. The Labute approximate surface area is 158 Å². The highest BCUT2D eigenvalue weighted by Gasteiger charge is 2.22. The summed E-state index contributed by atoms with van der Waals surface area (Å²) in [7, 11) is 0. The van der Waals surface area contributed by atoms with E-state index >= 15 is 0 Å². The fourth-order valence-electron chi connectivity index (χ4n) is 3.62. The van der Waals surface area contributed by atoms with E-state index in [1.54, 1.807) is 23.1 Å². The molecule has 7 heteroatoms. The molecular formula is C20H23FN6. The summed E-state index contributed by atoms with van der Waals surface area (Å²) in [5, 5.41) is 7.92. The third-order valence-electron chi connectivity index (χ3n) is 4.81. The van der Waals surface area contributed by atoms with Crippen LogP contribution in [0.2, 0.25) is 0 Å². The topological polar surface area (TPSA) is 58.9 Å². The predicted octanol–water partition coefficient (Wildman–Crippen LogP) is 3.50. The van der Waals surface area contributed by atoms with Gasteiger partial charge in [0.15, 0.2) is 5.82 Å². The summed E-state index contributed by atoms with van der Waals surface area (Å²) in [5.41, 5.74) is 2.62. The van der Waals surface area contributed by atoms with Crippen molar-refractivity contribution in [3.05, 3.63) is 59.9 Å². The Hall–Kier alpha value is -2.96. The minimum Gasteiger partial charge on any atom is -0.367 e. The van der Waals surface area contributed by atoms with Crippen LogP contribution in [0.4, 0.5) is 15.9 Å². The maximum Gasteiger partial charge on any atom is 0.174 e. The van der Waals surface area contributed by atoms with Crippen LogP contribution in [-0.2, 0) is 0 Å². The molecule has 27 heavy (non-hydrogen) atoms. The van der Waals surface area contributed by atoms with Crippen LogP contribution in [0.1, 0.15) is 24.2 Å². The van der Waals surface area contributed by atoms with Gasteiger partial charge in [0.2, 0.25) is 0 Å². The van der Waals surface area contributed by atoms with Crippen LogP contribution in [-0.4, -0.2) is 38.9 Å². The molecule has 140 valence electrons. The fourth-order valence-corrected chi connectivity index (χ4v) is 3.62. The summed E-state index contributed by atoms with van der Waals surface area (Å²) in [6.45, 7) is 5.54. The van der Waals surface area contributed by atoms with Crippen molar-refractivity contribution in [3.63, 3.8) is 0 Å². The lowest BCUT2D eigenvalue weighted by molar-refractivity contribution is 0.518. The Morgan fingerprint density at radius 3 is 2.81 bits per heavy atom. The first-order valence-corrected chi connectivity index (χ1v) is 9.22. The second-order valence-electron chi connectivity index (χ2n) is 6.98. The molecule has 0 bridgehead atoms. The summed E-state index contributed by atoms with van der Waals surface area (Å²) in [6.07, 6.45) is 5.43. The molecule has 1 atom stereocenters. The van der Waals surface area contributed by atoms with Crippen LogP contribution in [0.15, 0.2) is 42.7 Å². The minimum atomic E-state index is -0.176. The van der Waals surface area contributed by atoms with E-state index in [9.17, 15) is 4.39 Å². The van der Waals surface area contributed by atoms with Gasteiger partial charge in [-0.2, -0.15) is 5.10 Å². The molecule has 6 nitrogen and oxygen atoms in total. The van der Waals surface area contributed by atoms with E-state index in [4.69, 9.17) is 0 Å². The average Bonchev–Trinajstić information content (AvgIpc) is 3.01. The van der Waals surface area contributed by atoms with Gasteiger partial charge in [0.1, 0.15) is 11.6 Å². The maximum atomic E-state index is 14.1. The van der Waals surface area contributed by atoms with E-state index in [2.05, 4.69) is 25.3 Å². The molecule has 4 rings (SSSR count). The smallest absolute Gasteiger partial charge is 0.174 e. The molecule has 1 aliphatic heterocycles. The molecule has 0 saturated carbocycles. The Kier molecular flexibility index (Phi) is 4.75. The highest BCUT2D eigenvalue weighted by Crippen LogP contribution is 2.24. The van der Waals surface area contributed by atoms with Crippen molar-refractivity contribution >= 4 is 11.5 Å². The maximum absolute atomic E-state index is 14.1. The number of benzene rings is 1. The Balaban J connectivity index is 1.50. The summed E-state index contributed by atoms with van der Waals surface area (Å²) in [5.74, 6) is 1.22. The minimum absolute atomic E-state index is 0.176. The van der Waals surface area contributed by atoms with Crippen molar-refractivity contribution in [2.45, 2.75) is 32.7 Å². The number of nitrogens with zero attached hydrogens (tertiary/aromatic N) is 5. The van der Waals surface area contributed by atoms with Gasteiger partial charge in [-0.05, 0) is 44.9 Å². The zero-order valence-corrected chi connectivity index (χ0v) is 15.6. The molecule has 1 N–H and O–H groups in total. The molecule has 0 amide bonds. The van der Waals surface area contributed by atoms with E-state index in [1.165, 1.54) is 6.07 Å². The first kappa shape index (κ1) is 17.5. The van der Waals surface area contributed by atoms with Gasteiger partial charge in [-0.1, -0.05) is 12.1 Å². The first-order chi connectivity index (χ1) is 13.1. The van der Waals surface area contributed by atoms with Gasteiger partial charge in [-0.3, -0.25) is 4.98 Å². The molecule has 0 aliphatic carbocycles. The van der Waals surface area contributed by atoms with Gasteiger partial charge in [-0.15, -0.1) is 0 Å². The molecule has 0 spiro atoms. The summed E-state index contributed by atoms with van der Waals surface area (Å²) >= 11 is 0. The van der Waals surface area contributed by atoms with E-state index in [0.29, 0.717) is 17.3 Å². The van der Waals surface area contributed by atoms with Gasteiger partial charge >= 0.3 is 0 Å². The largest absolute Gasteiger partial charge is 0.367 e. The SMILES string of the molecule is Cc1cc(C)n(-c2cncc(NC3CCCN(c4ccccc4F)C3)n2)n1. The quantitative estimate of drug-likeness (QED) is 0.766. The van der Waals surface area contributed by atoms with E-state index < -0.39 is 0 Å². The van der Waals surface area contributed by atoms with Crippen molar-refractivity contribution in [1.82, 2.24) is 19.7 Å². The summed E-state index contributed by atoms with van der Waals surface area (Å²) in [4.78, 5) is 11.1. The highest BCUT2D eigenvalue weighted by atomic mass is 19.1. The molecule has 1 unspecified atom stereocenters. The van der Waals surface area contributed by atoms with Crippen LogP contribution in [0.5, 0.6) is 0 Å². The lowest BCUT2D eigenvalue weighted by atomic mass is 10.0. The number of hydrogen-bond donors (Lipinski definition) is 1. The number of piperidine rings is 1. The van der Waals surface area contributed by atoms with Gasteiger partial charge in [0.05, 0.1) is 23.8 Å². The molecule has 1 fully saturated rings. The molecule has 3 aromatic rings. The predicted molar refractivity (Wildman–Crippen MR) is 104 cm³/mol. The van der Waals surface area contributed by atoms with Crippen molar-refractivity contribution in [1.29, 1.82) is 0 Å². The molecule has 0 radical (unpaired) electrons. The second kappa shape index (κ2) is 7.34. The highest BCUT2D eigenvalue weighted by molar-refractivity contribution is 5.49. The number of hydrogen-bond acceptors (Lipinski definition) is 5. The number of nitrogens with one attached hydrogen (secondary N) is 1. The van der Waals surface area contributed by atoms with Crippen molar-refractivity contribution in [2.75, 3.05) is 23.3 Å². The fraction of sp³-hybridized carbons (Fsp3) is 0.350. The number of anilines is 2. The lowest BCUT2D eigenvalue weighted by Crippen LogP contribution is -2.42. The third kappa shape index (κ3) is 3.77. The van der Waals surface area contributed by atoms with Gasteiger partial charge in [0.25, 0.3) is 0 Å². The van der Waals surface area contributed by atoms with Gasteiger partial charge in [0, 0.05) is 24.8 Å². The summed E-state index contributed by atoms with van der Waals surface area (Å²) in [6, 6.07) is 9.13.